The van der Waals surface area contributed by atoms with Crippen molar-refractivity contribution >= 4 is 11.9 Å². The number of ether oxygens (including phenoxy) is 2. The monoisotopic (exact) mass is 616 g/mol. The van der Waals surface area contributed by atoms with Gasteiger partial charge in [0, 0.05) is 0 Å². The highest BCUT2D eigenvalue weighted by Crippen LogP contribution is 2.56. The second-order valence-electron chi connectivity index (χ2n) is 12.2. The lowest BCUT2D eigenvalue weighted by Crippen LogP contribution is -2.54. The van der Waals surface area contributed by atoms with Gasteiger partial charge in [0.1, 0.15) is 11.4 Å². The van der Waals surface area contributed by atoms with E-state index in [0.717, 1.165) is 24.3 Å². The van der Waals surface area contributed by atoms with E-state index < -0.39 is 57.8 Å². The van der Waals surface area contributed by atoms with E-state index in [4.69, 9.17) is 9.47 Å². The maximum Gasteiger partial charge on any atom is 0.411 e. The lowest BCUT2D eigenvalue weighted by atomic mass is 9.72. The first-order valence-corrected chi connectivity index (χ1v) is 14.5. The molecule has 10 heteroatoms. The molecule has 0 fully saturated rings. The molecule has 2 rings (SSSR count). The molecular weight excluding hydrogens is 574 g/mol. The van der Waals surface area contributed by atoms with Gasteiger partial charge in [-0.2, -0.15) is 26.3 Å². The number of benzene rings is 2. The van der Waals surface area contributed by atoms with Gasteiger partial charge in [-0.25, -0.2) is 0 Å². The molecule has 240 valence electrons. The summed E-state index contributed by atoms with van der Waals surface area (Å²) in [6.07, 6.45) is -10.1. The molecule has 0 aliphatic heterocycles. The van der Waals surface area contributed by atoms with Crippen LogP contribution < -0.4 is 4.74 Å². The number of alkyl halides is 6. The highest BCUT2D eigenvalue weighted by Gasteiger charge is 2.72. The molecule has 0 amide bonds. The molecule has 0 bridgehead atoms. The summed E-state index contributed by atoms with van der Waals surface area (Å²) in [7, 11) is 0. The van der Waals surface area contributed by atoms with Crippen LogP contribution in [0.4, 0.5) is 26.3 Å². The highest BCUT2D eigenvalue weighted by atomic mass is 19.4. The number of hydrogen-bond donors (Lipinski definition) is 0. The Morgan fingerprint density at radius 2 is 1.21 bits per heavy atom. The van der Waals surface area contributed by atoms with E-state index in [-0.39, 0.29) is 24.5 Å². The summed E-state index contributed by atoms with van der Waals surface area (Å²) >= 11 is 0. The van der Waals surface area contributed by atoms with Gasteiger partial charge >= 0.3 is 24.3 Å². The molecule has 2 unspecified atom stereocenters. The first kappa shape index (κ1) is 36.2. The Balaban J connectivity index is 2.44. The summed E-state index contributed by atoms with van der Waals surface area (Å²) in [4.78, 5) is 26.1. The van der Waals surface area contributed by atoms with Crippen molar-refractivity contribution in [1.82, 2.24) is 0 Å². The minimum atomic E-state index is -5.74. The lowest BCUT2D eigenvalue weighted by Gasteiger charge is -2.38. The normalized spacial score (nSPS) is 15.1. The van der Waals surface area contributed by atoms with Gasteiger partial charge in [0.25, 0.3) is 0 Å². The molecule has 2 aromatic carbocycles. The van der Waals surface area contributed by atoms with E-state index in [1.807, 2.05) is 6.92 Å². The molecule has 0 spiro atoms. The molecule has 2 atom stereocenters. The topological polar surface area (TPSA) is 52.6 Å². The molecular formula is C33H42F6O4. The summed E-state index contributed by atoms with van der Waals surface area (Å²) in [5, 5.41) is 0. The van der Waals surface area contributed by atoms with E-state index in [9.17, 15) is 35.9 Å². The van der Waals surface area contributed by atoms with Crippen molar-refractivity contribution < 1.29 is 45.4 Å². The van der Waals surface area contributed by atoms with Gasteiger partial charge in [0.2, 0.25) is 5.41 Å². The van der Waals surface area contributed by atoms with Crippen molar-refractivity contribution in [2.75, 3.05) is 0 Å². The average Bonchev–Trinajstić information content (AvgIpc) is 2.91. The van der Waals surface area contributed by atoms with E-state index in [1.54, 1.807) is 48.5 Å². The predicted molar refractivity (Wildman–Crippen MR) is 153 cm³/mol. The summed E-state index contributed by atoms with van der Waals surface area (Å²) < 4.78 is 98.2. The van der Waals surface area contributed by atoms with Gasteiger partial charge in [-0.1, -0.05) is 71.0 Å². The van der Waals surface area contributed by atoms with Crippen LogP contribution in [-0.4, -0.2) is 29.9 Å². The van der Waals surface area contributed by atoms with Crippen molar-refractivity contribution in [1.29, 1.82) is 0 Å². The SMILES string of the molecule is CCC(CC(C)(CC)C(=O)Oc1ccc(C(c2ccc(C(C)C)cc2)(C(F)(F)F)C(F)(F)F)cc1)C(=O)OC(C)(C)CC. The fourth-order valence-electron chi connectivity index (χ4n) is 4.84. The smallest absolute Gasteiger partial charge is 0.411 e. The van der Waals surface area contributed by atoms with Crippen molar-refractivity contribution in [3.8, 4) is 5.75 Å². The van der Waals surface area contributed by atoms with Crippen molar-refractivity contribution in [3.05, 3.63) is 65.2 Å². The predicted octanol–water partition coefficient (Wildman–Crippen LogP) is 9.69. The lowest BCUT2D eigenvalue weighted by molar-refractivity contribution is -0.288. The fourth-order valence-corrected chi connectivity index (χ4v) is 4.84. The molecule has 0 saturated carbocycles. The Labute approximate surface area is 250 Å². The Kier molecular flexibility index (Phi) is 11.2. The molecule has 2 aromatic rings. The average molecular weight is 617 g/mol. The number of esters is 2. The number of halogens is 6. The van der Waals surface area contributed by atoms with E-state index >= 15 is 0 Å². The van der Waals surface area contributed by atoms with Gasteiger partial charge < -0.3 is 9.47 Å². The van der Waals surface area contributed by atoms with Gasteiger partial charge in [-0.15, -0.1) is 0 Å². The molecule has 0 N–H and O–H groups in total. The minimum absolute atomic E-state index is 0.0905. The number of rotatable bonds is 12. The van der Waals surface area contributed by atoms with Crippen LogP contribution in [0.2, 0.25) is 0 Å². The van der Waals surface area contributed by atoms with Gasteiger partial charge in [-0.3, -0.25) is 9.59 Å². The Morgan fingerprint density at radius 3 is 1.58 bits per heavy atom. The second-order valence-corrected chi connectivity index (χ2v) is 12.2. The molecule has 0 aromatic heterocycles. The quantitative estimate of drug-likeness (QED) is 0.135. The third-order valence-corrected chi connectivity index (χ3v) is 8.38. The zero-order chi connectivity index (χ0) is 33.0. The van der Waals surface area contributed by atoms with Gasteiger partial charge in [-0.05, 0) is 81.2 Å². The Morgan fingerprint density at radius 1 is 0.744 bits per heavy atom. The van der Waals surface area contributed by atoms with Crippen LogP contribution >= 0.6 is 0 Å². The summed E-state index contributed by atoms with van der Waals surface area (Å²) in [6.45, 7) is 14.1. The van der Waals surface area contributed by atoms with Crippen LogP contribution in [0.25, 0.3) is 0 Å². The minimum Gasteiger partial charge on any atom is -0.459 e. The zero-order valence-electron chi connectivity index (χ0n) is 26.0. The van der Waals surface area contributed by atoms with E-state index in [1.165, 1.54) is 12.1 Å². The van der Waals surface area contributed by atoms with Crippen LogP contribution in [0, 0.1) is 11.3 Å². The molecule has 0 aliphatic carbocycles. The molecule has 4 nitrogen and oxygen atoms in total. The Bertz CT molecular complexity index is 1220. The summed E-state index contributed by atoms with van der Waals surface area (Å²) in [5.41, 5.74) is -7.60. The number of hydrogen-bond acceptors (Lipinski definition) is 4. The number of carbonyl (C=O) groups is 2. The van der Waals surface area contributed by atoms with Crippen LogP contribution in [-0.2, 0) is 19.7 Å². The summed E-state index contributed by atoms with van der Waals surface area (Å²) in [5.74, 6) is -2.14. The largest absolute Gasteiger partial charge is 0.459 e. The van der Waals surface area contributed by atoms with E-state index in [2.05, 4.69) is 0 Å². The third-order valence-electron chi connectivity index (χ3n) is 8.38. The maximum absolute atomic E-state index is 14.5. The third kappa shape index (κ3) is 7.73. The van der Waals surface area contributed by atoms with Crippen LogP contribution in [0.3, 0.4) is 0 Å². The Hall–Kier alpha value is -3.04. The molecule has 0 heterocycles. The first-order chi connectivity index (χ1) is 19.7. The van der Waals surface area contributed by atoms with Crippen LogP contribution in [0.1, 0.15) is 104 Å². The second kappa shape index (κ2) is 13.3. The van der Waals surface area contributed by atoms with Crippen molar-refractivity contribution in [2.45, 2.75) is 110 Å². The van der Waals surface area contributed by atoms with Crippen molar-refractivity contribution in [3.63, 3.8) is 0 Å². The van der Waals surface area contributed by atoms with E-state index in [0.29, 0.717) is 30.5 Å². The maximum atomic E-state index is 14.5. The van der Waals surface area contributed by atoms with Crippen LogP contribution in [0.15, 0.2) is 48.5 Å². The van der Waals surface area contributed by atoms with Crippen molar-refractivity contribution in [2.24, 2.45) is 11.3 Å². The standard InChI is InChI=1S/C33H42F6O4/c1-9-22(27(40)43-29(6,7)10-2)20-30(8,11-3)28(41)42-26-18-16-25(17-19-26)31(32(34,35)36,33(37,38)39)24-14-12-23(13-15-24)21(4)5/h12-19,21-22H,9-11,20H2,1-8H3. The van der Waals surface area contributed by atoms with Gasteiger partial charge in [0.05, 0.1) is 11.3 Å². The number of carbonyl (C=O) groups excluding carboxylic acids is 2. The first-order valence-electron chi connectivity index (χ1n) is 14.5. The molecule has 0 saturated heterocycles. The molecule has 0 aliphatic rings. The molecule has 0 radical (unpaired) electrons. The van der Waals surface area contributed by atoms with Gasteiger partial charge in [0.15, 0.2) is 0 Å². The molecule has 43 heavy (non-hydrogen) atoms. The zero-order valence-corrected chi connectivity index (χ0v) is 26.0. The highest BCUT2D eigenvalue weighted by molar-refractivity contribution is 5.80. The fraction of sp³-hybridized carbons (Fsp3) is 0.576. The summed E-state index contributed by atoms with van der Waals surface area (Å²) in [6, 6.07) is 7.44. The van der Waals surface area contributed by atoms with Crippen LogP contribution in [0.5, 0.6) is 5.75 Å².